The van der Waals surface area contributed by atoms with E-state index in [0.29, 0.717) is 23.7 Å². The number of fused-ring (bicyclic) bond motifs is 2. The van der Waals surface area contributed by atoms with Gasteiger partial charge < -0.3 is 4.90 Å². The third-order valence-electron chi connectivity index (χ3n) is 4.26. The Morgan fingerprint density at radius 3 is 2.55 bits per heavy atom. The van der Waals surface area contributed by atoms with Crippen LogP contribution >= 0.6 is 11.6 Å². The molecule has 22 heavy (non-hydrogen) atoms. The third kappa shape index (κ3) is 1.91. The summed E-state index contributed by atoms with van der Waals surface area (Å²) in [6.45, 7) is 0.475. The maximum atomic E-state index is 12.7. The van der Waals surface area contributed by atoms with E-state index in [9.17, 15) is 9.59 Å². The molecule has 2 aliphatic rings. The maximum absolute atomic E-state index is 12.7. The van der Waals surface area contributed by atoms with Crippen molar-refractivity contribution in [2.24, 2.45) is 0 Å². The van der Waals surface area contributed by atoms with E-state index >= 15 is 0 Å². The number of nitrogens with zero attached hydrogens (tertiary/aromatic N) is 2. The molecule has 1 saturated heterocycles. The summed E-state index contributed by atoms with van der Waals surface area (Å²) in [5.74, 6) is -0.179. The normalized spacial score (nSPS) is 20.1. The van der Waals surface area contributed by atoms with Crippen LogP contribution < -0.4 is 4.90 Å². The van der Waals surface area contributed by atoms with Crippen LogP contribution in [0.5, 0.6) is 0 Å². The minimum Gasteiger partial charge on any atom is -0.307 e. The number of halogens is 1. The first-order chi connectivity index (χ1) is 10.6. The number of amides is 3. The highest BCUT2D eigenvalue weighted by atomic mass is 35.5. The number of urea groups is 1. The molecular weight excluding hydrogens is 300 g/mol. The maximum Gasteiger partial charge on any atom is 0.332 e. The Labute approximate surface area is 132 Å². The summed E-state index contributed by atoms with van der Waals surface area (Å²) >= 11 is 5.98. The number of rotatable bonds is 1. The SMILES string of the molecule is O=C1[C@@H]2Cc3ccccc3CN2C(=O)N1c1cccc(Cl)c1. The van der Waals surface area contributed by atoms with Crippen molar-refractivity contribution in [1.82, 2.24) is 4.90 Å². The smallest absolute Gasteiger partial charge is 0.307 e. The highest BCUT2D eigenvalue weighted by Crippen LogP contribution is 2.33. The lowest BCUT2D eigenvalue weighted by Gasteiger charge is -2.28. The molecule has 0 spiro atoms. The molecule has 0 unspecified atom stereocenters. The van der Waals surface area contributed by atoms with Crippen molar-refractivity contribution in [2.45, 2.75) is 19.0 Å². The first-order valence-corrected chi connectivity index (χ1v) is 7.50. The number of hydrogen-bond acceptors (Lipinski definition) is 2. The molecule has 2 aromatic rings. The van der Waals surface area contributed by atoms with Gasteiger partial charge in [-0.25, -0.2) is 9.69 Å². The predicted octanol–water partition coefficient (Wildman–Crippen LogP) is 3.23. The molecule has 0 bridgehead atoms. The molecule has 0 radical (unpaired) electrons. The lowest BCUT2D eigenvalue weighted by molar-refractivity contribution is -0.119. The van der Waals surface area contributed by atoms with Gasteiger partial charge in [-0.3, -0.25) is 4.79 Å². The zero-order chi connectivity index (χ0) is 15.3. The van der Waals surface area contributed by atoms with Crippen LogP contribution in [-0.4, -0.2) is 22.9 Å². The summed E-state index contributed by atoms with van der Waals surface area (Å²) < 4.78 is 0. The summed E-state index contributed by atoms with van der Waals surface area (Å²) in [6.07, 6.45) is 0.567. The molecule has 1 atom stereocenters. The standard InChI is InChI=1S/C17H13ClN2O2/c18-13-6-3-7-14(9-13)20-16(21)15-8-11-4-1-2-5-12(11)10-19(15)17(20)22/h1-7,9,15H,8,10H2/t15-/m0/s1. The number of anilines is 1. The number of imide groups is 1. The van der Waals surface area contributed by atoms with Crippen molar-refractivity contribution in [3.8, 4) is 0 Å². The Kier molecular flexibility index (Phi) is 2.94. The number of carbonyl (C=O) groups is 2. The Morgan fingerprint density at radius 2 is 1.77 bits per heavy atom. The second-order valence-corrected chi connectivity index (χ2v) is 5.99. The van der Waals surface area contributed by atoms with Crippen LogP contribution in [0.3, 0.4) is 0 Å². The van der Waals surface area contributed by atoms with Crippen molar-refractivity contribution in [2.75, 3.05) is 4.90 Å². The Bertz CT molecular complexity index is 747. The summed E-state index contributed by atoms with van der Waals surface area (Å²) in [4.78, 5) is 28.2. The molecule has 4 rings (SSSR count). The second-order valence-electron chi connectivity index (χ2n) is 5.55. The monoisotopic (exact) mass is 312 g/mol. The third-order valence-corrected chi connectivity index (χ3v) is 4.49. The highest BCUT2D eigenvalue weighted by molar-refractivity contribution is 6.31. The summed E-state index contributed by atoms with van der Waals surface area (Å²) in [7, 11) is 0. The van der Waals surface area contributed by atoms with Crippen LogP contribution in [0, 0.1) is 0 Å². The Hall–Kier alpha value is -2.33. The minimum absolute atomic E-state index is 0.179. The van der Waals surface area contributed by atoms with Crippen molar-refractivity contribution >= 4 is 29.2 Å². The molecule has 2 heterocycles. The fourth-order valence-corrected chi connectivity index (χ4v) is 3.35. The fourth-order valence-electron chi connectivity index (χ4n) is 3.17. The molecule has 0 N–H and O–H groups in total. The van der Waals surface area contributed by atoms with E-state index in [2.05, 4.69) is 0 Å². The second kappa shape index (κ2) is 4.85. The molecule has 3 amide bonds. The van der Waals surface area contributed by atoms with E-state index in [0.717, 1.165) is 11.1 Å². The van der Waals surface area contributed by atoms with Crippen molar-refractivity contribution < 1.29 is 9.59 Å². The number of carbonyl (C=O) groups excluding carboxylic acids is 2. The van der Waals surface area contributed by atoms with Gasteiger partial charge in [-0.15, -0.1) is 0 Å². The van der Waals surface area contributed by atoms with Crippen LogP contribution in [0.15, 0.2) is 48.5 Å². The van der Waals surface area contributed by atoms with Gasteiger partial charge in [0.05, 0.1) is 5.69 Å². The quantitative estimate of drug-likeness (QED) is 0.759. The first-order valence-electron chi connectivity index (χ1n) is 7.12. The minimum atomic E-state index is -0.415. The zero-order valence-corrected chi connectivity index (χ0v) is 12.5. The van der Waals surface area contributed by atoms with Gasteiger partial charge in [0, 0.05) is 18.0 Å². The molecule has 4 nitrogen and oxygen atoms in total. The Morgan fingerprint density at radius 1 is 1.00 bits per heavy atom. The number of benzene rings is 2. The van der Waals surface area contributed by atoms with E-state index in [1.165, 1.54) is 4.90 Å². The molecule has 0 saturated carbocycles. The van der Waals surface area contributed by atoms with Gasteiger partial charge in [-0.1, -0.05) is 41.9 Å². The summed E-state index contributed by atoms with van der Waals surface area (Å²) in [6, 6.07) is 14.1. The molecule has 1 fully saturated rings. The molecule has 5 heteroatoms. The average Bonchev–Trinajstić information content (AvgIpc) is 2.76. The molecular formula is C17H13ClN2O2. The van der Waals surface area contributed by atoms with E-state index in [1.807, 2.05) is 24.3 Å². The van der Waals surface area contributed by atoms with Gasteiger partial charge >= 0.3 is 6.03 Å². The van der Waals surface area contributed by atoms with Crippen LogP contribution in [0.25, 0.3) is 0 Å². The van der Waals surface area contributed by atoms with Gasteiger partial charge in [0.25, 0.3) is 5.91 Å². The Balaban J connectivity index is 1.73. The van der Waals surface area contributed by atoms with Gasteiger partial charge in [0.1, 0.15) is 6.04 Å². The van der Waals surface area contributed by atoms with Gasteiger partial charge in [0.15, 0.2) is 0 Å². The topological polar surface area (TPSA) is 40.6 Å². The lowest BCUT2D eigenvalue weighted by Crippen LogP contribution is -2.39. The van der Waals surface area contributed by atoms with Crippen molar-refractivity contribution in [1.29, 1.82) is 0 Å². The van der Waals surface area contributed by atoms with Crippen LogP contribution in [0.2, 0.25) is 5.02 Å². The van der Waals surface area contributed by atoms with Crippen LogP contribution in [0.1, 0.15) is 11.1 Å². The lowest BCUT2D eigenvalue weighted by atomic mass is 9.95. The van der Waals surface area contributed by atoms with Crippen molar-refractivity contribution in [3.05, 3.63) is 64.7 Å². The fraction of sp³-hybridized carbons (Fsp3) is 0.176. The summed E-state index contributed by atoms with van der Waals surface area (Å²) in [5, 5.41) is 0.506. The van der Waals surface area contributed by atoms with Gasteiger partial charge in [-0.2, -0.15) is 0 Å². The van der Waals surface area contributed by atoms with E-state index < -0.39 is 6.04 Å². The first kappa shape index (κ1) is 13.3. The van der Waals surface area contributed by atoms with E-state index in [4.69, 9.17) is 11.6 Å². The molecule has 0 aliphatic carbocycles. The van der Waals surface area contributed by atoms with Crippen LogP contribution in [-0.2, 0) is 17.8 Å². The van der Waals surface area contributed by atoms with E-state index in [1.54, 1.807) is 29.2 Å². The largest absolute Gasteiger partial charge is 0.332 e. The average molecular weight is 313 g/mol. The van der Waals surface area contributed by atoms with Gasteiger partial charge in [0.2, 0.25) is 0 Å². The van der Waals surface area contributed by atoms with Crippen molar-refractivity contribution in [3.63, 3.8) is 0 Å². The molecule has 2 aliphatic heterocycles. The van der Waals surface area contributed by atoms with E-state index in [-0.39, 0.29) is 11.9 Å². The molecule has 110 valence electrons. The molecule has 2 aromatic carbocycles. The number of hydrogen-bond donors (Lipinski definition) is 0. The highest BCUT2D eigenvalue weighted by Gasteiger charge is 2.47. The van der Waals surface area contributed by atoms with Gasteiger partial charge in [-0.05, 0) is 29.3 Å². The zero-order valence-electron chi connectivity index (χ0n) is 11.7. The molecule has 0 aromatic heterocycles. The summed E-state index contributed by atoms with van der Waals surface area (Å²) in [5.41, 5.74) is 2.77. The van der Waals surface area contributed by atoms with Crippen LogP contribution in [0.4, 0.5) is 10.5 Å². The predicted molar refractivity (Wildman–Crippen MR) is 83.8 cm³/mol.